The third-order valence-corrected chi connectivity index (χ3v) is 38.4. The monoisotopic (exact) mass is 959 g/mol. The summed E-state index contributed by atoms with van der Waals surface area (Å²) in [7, 11) is -11.3. The molecule has 0 saturated heterocycles. The molecule has 63 heavy (non-hydrogen) atoms. The quantitative estimate of drug-likeness (QED) is 0.0713. The van der Waals surface area contributed by atoms with Gasteiger partial charge >= 0.3 is 17.6 Å². The van der Waals surface area contributed by atoms with Crippen LogP contribution in [0.1, 0.15) is 141 Å². The maximum Gasteiger partial charge on any atom is 0.475 e. The molecule has 10 aliphatic rings. The van der Waals surface area contributed by atoms with Crippen LogP contribution in [0.2, 0.25) is 61.4 Å². The summed E-state index contributed by atoms with van der Waals surface area (Å²) < 4.78 is 40.7. The first kappa shape index (κ1) is 46.8. The first-order chi connectivity index (χ1) is 30.7. The maximum atomic E-state index is 8.52. The van der Waals surface area contributed by atoms with E-state index in [4.69, 9.17) is 20.6 Å². The van der Waals surface area contributed by atoms with Crippen LogP contribution in [-0.2, 0) is 20.6 Å². The molecule has 0 amide bonds. The van der Waals surface area contributed by atoms with Gasteiger partial charge in [-0.25, -0.2) is 0 Å². The lowest BCUT2D eigenvalue weighted by Crippen LogP contribution is -2.67. The van der Waals surface area contributed by atoms with Crippen LogP contribution in [0.15, 0.2) is 48.6 Å². The first-order valence-electron chi connectivity index (χ1n) is 27.2. The van der Waals surface area contributed by atoms with E-state index in [0.29, 0.717) is 11.1 Å². The molecule has 0 heterocycles. The molecule has 12 atom stereocenters. The van der Waals surface area contributed by atoms with Gasteiger partial charge in [0.2, 0.25) is 0 Å². The summed E-state index contributed by atoms with van der Waals surface area (Å²) in [5, 5.41) is 0. The van der Waals surface area contributed by atoms with Gasteiger partial charge in [0.15, 0.2) is 36.2 Å². The number of hydrogen-bond donors (Lipinski definition) is 0. The summed E-state index contributed by atoms with van der Waals surface area (Å²) in [4.78, 5) is 0. The van der Waals surface area contributed by atoms with Crippen molar-refractivity contribution >= 4 is 53.8 Å². The van der Waals surface area contributed by atoms with Gasteiger partial charge in [-0.1, -0.05) is 113 Å². The third kappa shape index (κ3) is 11.1. The van der Waals surface area contributed by atoms with Crippen molar-refractivity contribution in [2.45, 2.75) is 203 Å². The number of fused-ring (bicyclic) bond motifs is 8. The lowest BCUT2D eigenvalue weighted by atomic mass is 9.91. The van der Waals surface area contributed by atoms with Crippen LogP contribution < -0.4 is 0 Å². The minimum Gasteiger partial charge on any atom is -0.416 e. The largest absolute Gasteiger partial charge is 0.475 e. The van der Waals surface area contributed by atoms with Gasteiger partial charge in [-0.05, 0) is 198 Å². The highest BCUT2D eigenvalue weighted by atomic mass is 28.5. The molecule has 12 unspecified atom stereocenters. The molecule has 6 saturated carbocycles. The van der Waals surface area contributed by atoms with Gasteiger partial charge in [0.05, 0.1) is 0 Å². The molecule has 5 nitrogen and oxygen atoms in total. The zero-order valence-electron chi connectivity index (χ0n) is 40.1. The van der Waals surface area contributed by atoms with Crippen molar-refractivity contribution < 1.29 is 20.6 Å². The summed E-state index contributed by atoms with van der Waals surface area (Å²) in [6.45, 7) is 10.0. The van der Waals surface area contributed by atoms with Gasteiger partial charge in [0.1, 0.15) is 0 Å². The van der Waals surface area contributed by atoms with Crippen molar-refractivity contribution in [1.29, 1.82) is 0 Å². The lowest BCUT2D eigenvalue weighted by molar-refractivity contribution is 0.147. The first-order valence-corrected chi connectivity index (χ1v) is 39.2. The van der Waals surface area contributed by atoms with E-state index in [1.165, 1.54) is 165 Å². The van der Waals surface area contributed by atoms with E-state index in [1.807, 2.05) is 0 Å². The van der Waals surface area contributed by atoms with Crippen molar-refractivity contribution in [2.75, 3.05) is 0 Å². The molecular weight excluding hydrogens is 873 g/mol. The molecule has 10 rings (SSSR count). The molecule has 10 aliphatic carbocycles. The Bertz CT molecular complexity index is 1420. The predicted molar refractivity (Wildman–Crippen MR) is 270 cm³/mol. The van der Waals surface area contributed by atoms with Crippen molar-refractivity contribution in [1.82, 2.24) is 0 Å². The van der Waals surface area contributed by atoms with E-state index in [-0.39, 0.29) is 0 Å². The Kier molecular flexibility index (Phi) is 15.6. The molecule has 4 radical (unpaired) electrons. The number of rotatable bonds is 24. The Hall–Kier alpha value is 0.0613. The zero-order chi connectivity index (χ0) is 43.0. The molecule has 0 spiro atoms. The second kappa shape index (κ2) is 21.0. The fourth-order valence-corrected chi connectivity index (χ4v) is 39.0. The van der Waals surface area contributed by atoms with Crippen molar-refractivity contribution in [2.24, 2.45) is 71.0 Å². The maximum absolute atomic E-state index is 8.52. The molecule has 0 aromatic rings. The van der Waals surface area contributed by atoms with Crippen LogP contribution in [0.5, 0.6) is 0 Å². The molecule has 11 heteroatoms. The fourth-order valence-electron chi connectivity index (χ4n) is 15.4. The van der Waals surface area contributed by atoms with Gasteiger partial charge in [0.25, 0.3) is 0 Å². The summed E-state index contributed by atoms with van der Waals surface area (Å²) in [5.74, 6) is 9.90. The average Bonchev–Trinajstić information content (AvgIpc) is 4.17. The van der Waals surface area contributed by atoms with Gasteiger partial charge in [-0.15, -0.1) is 0 Å². The van der Waals surface area contributed by atoms with Crippen molar-refractivity contribution in [3.05, 3.63) is 48.6 Å². The minimum atomic E-state index is -3.29. The van der Waals surface area contributed by atoms with Crippen LogP contribution in [0.4, 0.5) is 0 Å². The summed E-state index contributed by atoms with van der Waals surface area (Å²) in [5.41, 5.74) is 0.762. The van der Waals surface area contributed by atoms with E-state index in [1.54, 1.807) is 0 Å². The van der Waals surface area contributed by atoms with Crippen LogP contribution in [0.25, 0.3) is 0 Å². The zero-order valence-corrected chi connectivity index (χ0v) is 46.1. The highest BCUT2D eigenvalue weighted by Crippen LogP contribution is 2.52. The van der Waals surface area contributed by atoms with Crippen LogP contribution >= 0.6 is 0 Å². The SMILES string of the molecule is C[Si](CCC1CC2C=CC1C2)O[Si](O[Si](C)CCC1CC2C=CC1C2)(O[Si](O[Si](C)CCC1CC2C=CC1C2)(O[Si](C)CCC1CC2C=CC1C2)C1CCCCC1)C1CCCCC1. The van der Waals surface area contributed by atoms with Crippen LogP contribution in [0, 0.1) is 71.0 Å². The van der Waals surface area contributed by atoms with E-state index < -0.39 is 53.8 Å². The Morgan fingerprint density at radius 3 is 0.857 bits per heavy atom. The molecule has 0 aromatic carbocycles. The van der Waals surface area contributed by atoms with Crippen LogP contribution in [-0.4, -0.2) is 53.8 Å². The van der Waals surface area contributed by atoms with E-state index >= 15 is 0 Å². The lowest BCUT2D eigenvalue weighted by Gasteiger charge is -2.49. The second-order valence-electron chi connectivity index (χ2n) is 23.5. The minimum absolute atomic E-state index is 0.381. The highest BCUT2D eigenvalue weighted by Gasteiger charge is 2.62. The molecule has 0 aliphatic heterocycles. The normalized spacial score (nSPS) is 38.6. The smallest absolute Gasteiger partial charge is 0.416 e. The van der Waals surface area contributed by atoms with Gasteiger partial charge in [-0.3, -0.25) is 0 Å². The Morgan fingerprint density at radius 2 is 0.635 bits per heavy atom. The Morgan fingerprint density at radius 1 is 0.365 bits per heavy atom. The molecule has 6 fully saturated rings. The van der Waals surface area contributed by atoms with Crippen molar-refractivity contribution in [3.8, 4) is 0 Å². The molecule has 348 valence electrons. The molecule has 0 N–H and O–H groups in total. The van der Waals surface area contributed by atoms with E-state index in [2.05, 4.69) is 74.8 Å². The number of hydrogen-bond acceptors (Lipinski definition) is 5. The molecular formula is C52H86O5Si6. The Labute approximate surface area is 394 Å². The predicted octanol–water partition coefficient (Wildman–Crippen LogP) is 14.5. The number of allylic oxidation sites excluding steroid dienone is 8. The molecule has 0 aromatic heterocycles. The van der Waals surface area contributed by atoms with Crippen LogP contribution in [0.3, 0.4) is 0 Å². The van der Waals surface area contributed by atoms with E-state index in [0.717, 1.165) is 71.0 Å². The topological polar surface area (TPSA) is 46.2 Å². The van der Waals surface area contributed by atoms with Gasteiger partial charge < -0.3 is 20.6 Å². The summed E-state index contributed by atoms with van der Waals surface area (Å²) in [6.07, 6.45) is 49.3. The Balaban J connectivity index is 0.952. The fraction of sp³-hybridized carbons (Fsp3) is 0.846. The summed E-state index contributed by atoms with van der Waals surface area (Å²) in [6, 6.07) is 4.85. The summed E-state index contributed by atoms with van der Waals surface area (Å²) >= 11 is 0. The second-order valence-corrected chi connectivity index (χ2v) is 39.3. The van der Waals surface area contributed by atoms with Gasteiger partial charge in [-0.2, -0.15) is 0 Å². The van der Waals surface area contributed by atoms with Crippen molar-refractivity contribution in [3.63, 3.8) is 0 Å². The standard InChI is InChI=1S/C52H86O5Si6/c1-58(27-23-47-35-39-15-19-43(47)31-39)53-62(51-11-7-5-8-12-51,54-59(2)28-24-48-36-40-16-20-44(48)32-40)57-63(52-13-9-6-10-14-52,55-60(3)29-25-49-37-41-17-21-45(49)33-41)56-61(4)30-26-50-38-42-18-22-46(50)34-42/h15-22,39-52H,5-14,23-38H2,1-4H3. The average molecular weight is 960 g/mol. The van der Waals surface area contributed by atoms with E-state index in [9.17, 15) is 0 Å². The van der Waals surface area contributed by atoms with Gasteiger partial charge in [0, 0.05) is 11.1 Å². The molecule has 8 bridgehead atoms. The third-order valence-electron chi connectivity index (χ3n) is 18.9. The highest BCUT2D eigenvalue weighted by molar-refractivity contribution is 6.87.